The van der Waals surface area contributed by atoms with Crippen LogP contribution in [-0.4, -0.2) is 20.5 Å². The average molecular weight is 271 g/mol. The van der Waals surface area contributed by atoms with Crippen molar-refractivity contribution < 1.29 is 9.90 Å². The number of pyridine rings is 1. The van der Waals surface area contributed by atoms with Crippen molar-refractivity contribution in [2.75, 3.05) is 0 Å². The van der Waals surface area contributed by atoms with Crippen LogP contribution < -0.4 is 5.56 Å². The van der Waals surface area contributed by atoms with Crippen LogP contribution >= 0.6 is 17.0 Å². The minimum Gasteiger partial charge on any atom is -0.477 e. The van der Waals surface area contributed by atoms with Crippen molar-refractivity contribution in [3.8, 4) is 0 Å². The van der Waals surface area contributed by atoms with Gasteiger partial charge in [0.15, 0.2) is 0 Å². The number of rotatable bonds is 1. The Labute approximate surface area is 94.8 Å². The summed E-state index contributed by atoms with van der Waals surface area (Å²) in [4.78, 5) is 26.0. The molecule has 5 nitrogen and oxygen atoms in total. The largest absolute Gasteiger partial charge is 0.477 e. The lowest BCUT2D eigenvalue weighted by atomic mass is 10.3. The molecular weight excluding hydrogens is 264 g/mol. The van der Waals surface area contributed by atoms with Crippen LogP contribution in [0.25, 0.3) is 5.65 Å². The normalized spacial score (nSPS) is 9.60. The number of carboxylic acid groups (broad SMARTS) is 1. The summed E-state index contributed by atoms with van der Waals surface area (Å²) in [7, 11) is 0. The van der Waals surface area contributed by atoms with E-state index < -0.39 is 11.5 Å². The summed E-state index contributed by atoms with van der Waals surface area (Å²) in [5.41, 5.74) is -0.459. The van der Waals surface area contributed by atoms with Crippen molar-refractivity contribution in [3.05, 3.63) is 46.5 Å². The summed E-state index contributed by atoms with van der Waals surface area (Å²) in [6, 6.07) is 5.00. The topological polar surface area (TPSA) is 71.7 Å². The highest BCUT2D eigenvalue weighted by molar-refractivity contribution is 8.93. The van der Waals surface area contributed by atoms with E-state index in [0.29, 0.717) is 5.65 Å². The van der Waals surface area contributed by atoms with Gasteiger partial charge in [-0.1, -0.05) is 6.07 Å². The van der Waals surface area contributed by atoms with Crippen LogP contribution in [0.15, 0.2) is 35.4 Å². The highest BCUT2D eigenvalue weighted by Gasteiger charge is 2.10. The number of nitrogens with zero attached hydrogens (tertiary/aromatic N) is 2. The Hall–Kier alpha value is -1.69. The third-order valence-corrected chi connectivity index (χ3v) is 1.84. The monoisotopic (exact) mass is 270 g/mol. The van der Waals surface area contributed by atoms with Crippen LogP contribution in [0, 0.1) is 0 Å². The number of hydrogen-bond donors (Lipinski definition) is 1. The minimum absolute atomic E-state index is 0. The van der Waals surface area contributed by atoms with Crippen LogP contribution in [-0.2, 0) is 0 Å². The van der Waals surface area contributed by atoms with E-state index in [1.54, 1.807) is 18.2 Å². The molecule has 0 saturated carbocycles. The highest BCUT2D eigenvalue weighted by atomic mass is 79.9. The molecule has 0 spiro atoms. The zero-order chi connectivity index (χ0) is 10.1. The first-order valence-corrected chi connectivity index (χ1v) is 3.90. The number of aromatic carboxylic acids is 1. The maximum atomic E-state index is 11.5. The van der Waals surface area contributed by atoms with Gasteiger partial charge >= 0.3 is 5.97 Å². The molecule has 0 radical (unpaired) electrons. The number of halogens is 1. The summed E-state index contributed by atoms with van der Waals surface area (Å²) >= 11 is 0. The molecule has 2 heterocycles. The van der Waals surface area contributed by atoms with Gasteiger partial charge in [0, 0.05) is 12.4 Å². The number of carboxylic acids is 1. The van der Waals surface area contributed by atoms with Crippen LogP contribution in [0.2, 0.25) is 0 Å². The maximum Gasteiger partial charge on any atom is 0.342 e. The lowest BCUT2D eigenvalue weighted by Gasteiger charge is -1.99. The quantitative estimate of drug-likeness (QED) is 0.838. The smallest absolute Gasteiger partial charge is 0.342 e. The summed E-state index contributed by atoms with van der Waals surface area (Å²) in [5, 5.41) is 8.67. The van der Waals surface area contributed by atoms with Crippen molar-refractivity contribution in [1.82, 2.24) is 9.38 Å². The Balaban J connectivity index is 0.00000112. The van der Waals surface area contributed by atoms with Crippen molar-refractivity contribution in [1.29, 1.82) is 0 Å². The Morgan fingerprint density at radius 3 is 2.80 bits per heavy atom. The second kappa shape index (κ2) is 4.22. The molecule has 0 aliphatic rings. The molecule has 0 saturated heterocycles. The number of carbonyl (C=O) groups is 1. The van der Waals surface area contributed by atoms with Gasteiger partial charge in [-0.3, -0.25) is 9.20 Å². The predicted molar refractivity (Wildman–Crippen MR) is 58.7 cm³/mol. The molecule has 6 heteroatoms. The molecule has 2 rings (SSSR count). The Bertz CT molecular complexity index is 565. The molecular formula is C9H7BrN2O3. The molecule has 2 aromatic rings. The standard InChI is InChI=1S/C9H6N2O3.BrH/c12-8-6(9(13)14)5-10-7-3-1-2-4-11(7)8;/h1-5H,(H,13,14);1H. The van der Waals surface area contributed by atoms with E-state index in [1.165, 1.54) is 10.6 Å². The second-order valence-corrected chi connectivity index (χ2v) is 2.71. The van der Waals surface area contributed by atoms with Gasteiger partial charge in [-0.05, 0) is 12.1 Å². The van der Waals surface area contributed by atoms with Gasteiger partial charge in [-0.25, -0.2) is 9.78 Å². The summed E-state index contributed by atoms with van der Waals surface area (Å²) in [6.45, 7) is 0. The maximum absolute atomic E-state index is 11.5. The molecule has 0 aromatic carbocycles. The highest BCUT2D eigenvalue weighted by Crippen LogP contribution is 1.96. The minimum atomic E-state index is -1.26. The van der Waals surface area contributed by atoms with Crippen molar-refractivity contribution in [3.63, 3.8) is 0 Å². The van der Waals surface area contributed by atoms with Gasteiger partial charge in [0.2, 0.25) is 0 Å². The Kier molecular flexibility index (Phi) is 3.21. The fraction of sp³-hybridized carbons (Fsp3) is 0. The lowest BCUT2D eigenvalue weighted by molar-refractivity contribution is 0.0694. The van der Waals surface area contributed by atoms with Crippen LogP contribution in [0.1, 0.15) is 10.4 Å². The zero-order valence-electron chi connectivity index (χ0n) is 7.45. The number of fused-ring (bicyclic) bond motifs is 1. The molecule has 0 atom stereocenters. The van der Waals surface area contributed by atoms with E-state index in [4.69, 9.17) is 5.11 Å². The van der Waals surface area contributed by atoms with Gasteiger partial charge in [0.05, 0.1) is 0 Å². The van der Waals surface area contributed by atoms with Gasteiger partial charge in [0.1, 0.15) is 11.2 Å². The second-order valence-electron chi connectivity index (χ2n) is 2.71. The first-order valence-electron chi connectivity index (χ1n) is 3.90. The third-order valence-electron chi connectivity index (χ3n) is 1.84. The van der Waals surface area contributed by atoms with Crippen molar-refractivity contribution in [2.24, 2.45) is 0 Å². The molecule has 0 aliphatic carbocycles. The molecule has 15 heavy (non-hydrogen) atoms. The summed E-state index contributed by atoms with van der Waals surface area (Å²) in [6.07, 6.45) is 2.55. The molecule has 1 N–H and O–H groups in total. The van der Waals surface area contributed by atoms with E-state index in [9.17, 15) is 9.59 Å². The molecule has 0 bridgehead atoms. The van der Waals surface area contributed by atoms with E-state index in [0.717, 1.165) is 6.20 Å². The van der Waals surface area contributed by atoms with Crippen LogP contribution in [0.4, 0.5) is 0 Å². The summed E-state index contributed by atoms with van der Waals surface area (Å²) < 4.78 is 1.20. The van der Waals surface area contributed by atoms with Crippen LogP contribution in [0.5, 0.6) is 0 Å². The van der Waals surface area contributed by atoms with Gasteiger partial charge < -0.3 is 5.11 Å². The molecule has 78 valence electrons. The molecule has 0 amide bonds. The summed E-state index contributed by atoms with van der Waals surface area (Å²) in [5.74, 6) is -1.26. The number of aromatic nitrogens is 2. The number of hydrogen-bond acceptors (Lipinski definition) is 3. The van der Waals surface area contributed by atoms with Crippen LogP contribution in [0.3, 0.4) is 0 Å². The van der Waals surface area contributed by atoms with Gasteiger partial charge in [-0.2, -0.15) is 0 Å². The van der Waals surface area contributed by atoms with Gasteiger partial charge in [0.25, 0.3) is 5.56 Å². The molecule has 2 aromatic heterocycles. The zero-order valence-corrected chi connectivity index (χ0v) is 9.17. The molecule has 0 unspecified atom stereocenters. The Morgan fingerprint density at radius 2 is 2.13 bits per heavy atom. The molecule has 0 aliphatic heterocycles. The van der Waals surface area contributed by atoms with Crippen molar-refractivity contribution in [2.45, 2.75) is 0 Å². The lowest BCUT2D eigenvalue weighted by Crippen LogP contribution is -2.22. The van der Waals surface area contributed by atoms with E-state index in [1.807, 2.05) is 0 Å². The van der Waals surface area contributed by atoms with E-state index in [-0.39, 0.29) is 22.5 Å². The van der Waals surface area contributed by atoms with E-state index >= 15 is 0 Å². The SMILES string of the molecule is Br.O=C(O)c1cnc2ccccn2c1=O. The first kappa shape index (κ1) is 11.4. The average Bonchev–Trinajstić information content (AvgIpc) is 2.18. The Morgan fingerprint density at radius 1 is 1.40 bits per heavy atom. The van der Waals surface area contributed by atoms with E-state index in [2.05, 4.69) is 4.98 Å². The fourth-order valence-corrected chi connectivity index (χ4v) is 1.17. The fourth-order valence-electron chi connectivity index (χ4n) is 1.17. The van der Waals surface area contributed by atoms with Gasteiger partial charge in [-0.15, -0.1) is 17.0 Å². The van der Waals surface area contributed by atoms with Crippen molar-refractivity contribution >= 4 is 28.6 Å². The predicted octanol–water partition coefficient (Wildman–Crippen LogP) is 0.971. The third kappa shape index (κ3) is 1.89. The molecule has 0 fully saturated rings. The first-order chi connectivity index (χ1) is 6.70.